The van der Waals surface area contributed by atoms with Gasteiger partial charge in [-0.3, -0.25) is 0 Å². The van der Waals surface area contributed by atoms with Gasteiger partial charge < -0.3 is 14.5 Å². The monoisotopic (exact) mass is 495 g/mol. The van der Waals surface area contributed by atoms with Crippen molar-refractivity contribution < 1.29 is 13.5 Å². The number of halogens is 3. The molecule has 4 rings (SSSR count). The molecule has 0 aliphatic heterocycles. The van der Waals surface area contributed by atoms with Crippen molar-refractivity contribution in [3.05, 3.63) is 63.4 Å². The highest BCUT2D eigenvalue weighted by Crippen LogP contribution is 2.37. The molecule has 1 N–H and O–H groups in total. The second-order valence-corrected chi connectivity index (χ2v) is 7.12. The number of rotatable bonds is 4. The molecule has 2 aromatic heterocycles. The zero-order chi connectivity index (χ0) is 19.0. The molecular weight excluding hydrogens is 484 g/mol. The summed E-state index contributed by atoms with van der Waals surface area (Å²) in [6.07, 6.45) is 1.45. The molecule has 0 amide bonds. The van der Waals surface area contributed by atoms with E-state index in [1.165, 1.54) is 18.5 Å². The SMILES string of the molecule is COc1cc2ncnc(Nc3ccc(F)c(Cl)c3)c2cc1-c1ccc(I)o1. The van der Waals surface area contributed by atoms with Gasteiger partial charge in [-0.05, 0) is 59.0 Å². The highest BCUT2D eigenvalue weighted by atomic mass is 127. The number of benzene rings is 2. The molecule has 0 spiro atoms. The number of nitrogens with zero attached hydrogens (tertiary/aromatic N) is 2. The Bertz CT molecular complexity index is 1150. The van der Waals surface area contributed by atoms with Gasteiger partial charge in [-0.1, -0.05) is 11.6 Å². The number of hydrogen-bond acceptors (Lipinski definition) is 5. The Hall–Kier alpha value is -2.39. The van der Waals surface area contributed by atoms with Crippen molar-refractivity contribution in [1.82, 2.24) is 9.97 Å². The normalized spacial score (nSPS) is 11.0. The van der Waals surface area contributed by atoms with Gasteiger partial charge in [-0.25, -0.2) is 14.4 Å². The summed E-state index contributed by atoms with van der Waals surface area (Å²) in [6, 6.07) is 11.9. The molecule has 136 valence electrons. The maximum Gasteiger partial charge on any atom is 0.164 e. The smallest absolute Gasteiger partial charge is 0.164 e. The molecule has 5 nitrogen and oxygen atoms in total. The maximum atomic E-state index is 13.4. The summed E-state index contributed by atoms with van der Waals surface area (Å²) in [7, 11) is 1.60. The highest BCUT2D eigenvalue weighted by molar-refractivity contribution is 14.1. The van der Waals surface area contributed by atoms with Gasteiger partial charge in [-0.15, -0.1) is 0 Å². The molecule has 0 aliphatic rings. The fourth-order valence-electron chi connectivity index (χ4n) is 2.71. The average molecular weight is 496 g/mol. The van der Waals surface area contributed by atoms with E-state index >= 15 is 0 Å². The zero-order valence-corrected chi connectivity index (χ0v) is 16.9. The van der Waals surface area contributed by atoms with Crippen LogP contribution < -0.4 is 10.1 Å². The molecule has 0 aliphatic carbocycles. The van der Waals surface area contributed by atoms with Crippen LogP contribution in [0.15, 0.2) is 53.2 Å². The maximum absolute atomic E-state index is 13.4. The summed E-state index contributed by atoms with van der Waals surface area (Å²) in [6.45, 7) is 0. The largest absolute Gasteiger partial charge is 0.496 e. The van der Waals surface area contributed by atoms with Gasteiger partial charge in [0.05, 0.1) is 23.2 Å². The summed E-state index contributed by atoms with van der Waals surface area (Å²) >= 11 is 7.98. The van der Waals surface area contributed by atoms with E-state index in [1.807, 2.05) is 24.3 Å². The molecule has 0 unspecified atom stereocenters. The van der Waals surface area contributed by atoms with Crippen LogP contribution in [-0.2, 0) is 0 Å². The molecule has 0 atom stereocenters. The second kappa shape index (κ2) is 7.32. The summed E-state index contributed by atoms with van der Waals surface area (Å²) in [4.78, 5) is 8.63. The van der Waals surface area contributed by atoms with Crippen LogP contribution in [0.5, 0.6) is 5.75 Å². The predicted molar refractivity (Wildman–Crippen MR) is 111 cm³/mol. The van der Waals surface area contributed by atoms with E-state index < -0.39 is 5.82 Å². The summed E-state index contributed by atoms with van der Waals surface area (Å²) in [5.41, 5.74) is 2.09. The molecule has 0 bridgehead atoms. The van der Waals surface area contributed by atoms with Gasteiger partial charge in [0, 0.05) is 17.1 Å². The Morgan fingerprint density at radius 3 is 2.70 bits per heavy atom. The minimum absolute atomic E-state index is 0.0332. The summed E-state index contributed by atoms with van der Waals surface area (Å²) in [5.74, 6) is 1.41. The number of aromatic nitrogens is 2. The lowest BCUT2D eigenvalue weighted by molar-refractivity contribution is 0.415. The third-order valence-corrected chi connectivity index (χ3v) is 4.85. The molecule has 2 heterocycles. The summed E-state index contributed by atoms with van der Waals surface area (Å²) < 4.78 is 25.4. The van der Waals surface area contributed by atoms with Gasteiger partial charge in [-0.2, -0.15) is 0 Å². The van der Waals surface area contributed by atoms with Crippen molar-refractivity contribution in [2.75, 3.05) is 12.4 Å². The fraction of sp³-hybridized carbons (Fsp3) is 0.0526. The lowest BCUT2D eigenvalue weighted by Gasteiger charge is -2.12. The minimum atomic E-state index is -0.478. The average Bonchev–Trinajstić information content (AvgIpc) is 3.10. The van der Waals surface area contributed by atoms with E-state index in [1.54, 1.807) is 13.2 Å². The lowest BCUT2D eigenvalue weighted by atomic mass is 10.1. The fourth-order valence-corrected chi connectivity index (χ4v) is 3.31. The Kier molecular flexibility index (Phi) is 4.88. The molecule has 0 saturated heterocycles. The molecule has 0 radical (unpaired) electrons. The molecular formula is C19H12ClFIN3O2. The van der Waals surface area contributed by atoms with Crippen LogP contribution in [-0.4, -0.2) is 17.1 Å². The first-order valence-electron chi connectivity index (χ1n) is 7.85. The van der Waals surface area contributed by atoms with Gasteiger partial charge in [0.15, 0.2) is 3.77 Å². The lowest BCUT2D eigenvalue weighted by Crippen LogP contribution is -1.98. The van der Waals surface area contributed by atoms with Crippen LogP contribution in [0.3, 0.4) is 0 Å². The van der Waals surface area contributed by atoms with Crippen molar-refractivity contribution in [2.24, 2.45) is 0 Å². The van der Waals surface area contributed by atoms with Crippen LogP contribution in [0.1, 0.15) is 0 Å². The first kappa shape index (κ1) is 18.0. The number of methoxy groups -OCH3 is 1. The van der Waals surface area contributed by atoms with Crippen LogP contribution >= 0.6 is 34.2 Å². The first-order valence-corrected chi connectivity index (χ1v) is 9.31. The first-order chi connectivity index (χ1) is 13.0. The van der Waals surface area contributed by atoms with Crippen molar-refractivity contribution in [3.63, 3.8) is 0 Å². The Labute approximate surface area is 172 Å². The molecule has 0 fully saturated rings. The summed E-state index contributed by atoms with van der Waals surface area (Å²) in [5, 5.41) is 3.96. The number of ether oxygens (including phenoxy) is 1. The minimum Gasteiger partial charge on any atom is -0.496 e. The number of nitrogens with one attached hydrogen (secondary N) is 1. The quantitative estimate of drug-likeness (QED) is 0.350. The van der Waals surface area contributed by atoms with Crippen molar-refractivity contribution in [2.45, 2.75) is 0 Å². The van der Waals surface area contributed by atoms with Gasteiger partial charge in [0.25, 0.3) is 0 Å². The standard InChI is InChI=1S/C19H12ClFIN3O2/c1-26-17-8-15-11(7-12(17)16-4-5-18(22)27-16)19(24-9-23-15)25-10-2-3-14(21)13(20)6-10/h2-9H,1H3,(H,23,24,25). The van der Waals surface area contributed by atoms with Gasteiger partial charge >= 0.3 is 0 Å². The topological polar surface area (TPSA) is 60.2 Å². The van der Waals surface area contributed by atoms with Gasteiger partial charge in [0.1, 0.15) is 29.5 Å². The Balaban J connectivity index is 1.85. The molecule has 2 aromatic carbocycles. The van der Waals surface area contributed by atoms with Crippen LogP contribution in [0.4, 0.5) is 15.9 Å². The third kappa shape index (κ3) is 3.57. The number of fused-ring (bicyclic) bond motifs is 1. The van der Waals surface area contributed by atoms with E-state index in [0.29, 0.717) is 28.5 Å². The van der Waals surface area contributed by atoms with Gasteiger partial charge in [0.2, 0.25) is 0 Å². The predicted octanol–water partition coefficient (Wildman–Crippen LogP) is 6.04. The highest BCUT2D eigenvalue weighted by Gasteiger charge is 2.15. The van der Waals surface area contributed by atoms with Crippen LogP contribution in [0.25, 0.3) is 22.2 Å². The molecule has 27 heavy (non-hydrogen) atoms. The Morgan fingerprint density at radius 2 is 2.00 bits per heavy atom. The third-order valence-electron chi connectivity index (χ3n) is 3.98. The van der Waals surface area contributed by atoms with Crippen molar-refractivity contribution in [3.8, 4) is 17.1 Å². The molecule has 8 heteroatoms. The van der Waals surface area contributed by atoms with E-state index in [0.717, 1.165) is 14.7 Å². The van der Waals surface area contributed by atoms with E-state index in [9.17, 15) is 4.39 Å². The Morgan fingerprint density at radius 1 is 1.15 bits per heavy atom. The number of hydrogen-bond donors (Lipinski definition) is 1. The number of anilines is 2. The van der Waals surface area contributed by atoms with E-state index in [-0.39, 0.29) is 5.02 Å². The van der Waals surface area contributed by atoms with Crippen LogP contribution in [0, 0.1) is 9.58 Å². The van der Waals surface area contributed by atoms with Crippen molar-refractivity contribution in [1.29, 1.82) is 0 Å². The second-order valence-electron chi connectivity index (χ2n) is 5.65. The van der Waals surface area contributed by atoms with Crippen LogP contribution in [0.2, 0.25) is 5.02 Å². The number of furan rings is 1. The van der Waals surface area contributed by atoms with Crippen molar-refractivity contribution >= 4 is 56.6 Å². The molecule has 0 saturated carbocycles. The molecule has 4 aromatic rings. The van der Waals surface area contributed by atoms with E-state index in [4.69, 9.17) is 20.8 Å². The zero-order valence-electron chi connectivity index (χ0n) is 14.0. The van der Waals surface area contributed by atoms with E-state index in [2.05, 4.69) is 37.9 Å².